The molecule has 0 bridgehead atoms. The zero-order chi connectivity index (χ0) is 14.8. The molecule has 0 saturated heterocycles. The molecule has 20 heavy (non-hydrogen) atoms. The van der Waals surface area contributed by atoms with Crippen molar-refractivity contribution in [2.24, 2.45) is 5.84 Å². The molecular weight excluding hydrogens is 275 g/mol. The van der Waals surface area contributed by atoms with Crippen molar-refractivity contribution in [3.63, 3.8) is 0 Å². The summed E-state index contributed by atoms with van der Waals surface area (Å²) in [5.41, 5.74) is 3.46. The average molecular weight is 301 g/mol. The first kappa shape index (κ1) is 17.4. The van der Waals surface area contributed by atoms with Gasteiger partial charge in [0.15, 0.2) is 0 Å². The molecule has 0 saturated carbocycles. The van der Waals surface area contributed by atoms with Gasteiger partial charge in [0, 0.05) is 11.1 Å². The molecule has 0 spiro atoms. The van der Waals surface area contributed by atoms with Gasteiger partial charge in [0.05, 0.1) is 0 Å². The van der Waals surface area contributed by atoms with Crippen molar-refractivity contribution in [2.45, 2.75) is 64.3 Å². The van der Waals surface area contributed by atoms with Crippen LogP contribution in [0.4, 0.5) is 4.39 Å². The highest BCUT2D eigenvalue weighted by Crippen LogP contribution is 2.17. The average Bonchev–Trinajstić information content (AvgIpc) is 2.43. The molecule has 4 heteroatoms. The second-order valence-electron chi connectivity index (χ2n) is 5.36. The fraction of sp³-hybridized carbons (Fsp3) is 0.625. The van der Waals surface area contributed by atoms with E-state index in [0.717, 1.165) is 12.8 Å². The quantitative estimate of drug-likeness (QED) is 0.376. The first-order valence-corrected chi connectivity index (χ1v) is 7.95. The van der Waals surface area contributed by atoms with Gasteiger partial charge in [0.25, 0.3) is 0 Å². The molecule has 0 heterocycles. The number of unbranched alkanes of at least 4 members (excludes halogenated alkanes) is 5. The standard InChI is InChI=1S/C16H26ClFN2/c1-2-3-4-5-6-7-8-15(20-19)11-13-9-10-14(17)12-16(13)18/h9-10,12,15,20H,2-8,11,19H2,1H3. The highest BCUT2D eigenvalue weighted by atomic mass is 35.5. The number of hydrazine groups is 1. The Morgan fingerprint density at radius 1 is 1.20 bits per heavy atom. The van der Waals surface area contributed by atoms with Gasteiger partial charge in [0.1, 0.15) is 5.82 Å². The normalized spacial score (nSPS) is 12.6. The summed E-state index contributed by atoms with van der Waals surface area (Å²) in [6.07, 6.45) is 9.11. The molecule has 0 aliphatic carbocycles. The van der Waals surface area contributed by atoms with Crippen LogP contribution in [-0.4, -0.2) is 6.04 Å². The zero-order valence-corrected chi connectivity index (χ0v) is 13.1. The number of nitrogens with two attached hydrogens (primary N) is 1. The molecule has 0 aromatic heterocycles. The summed E-state index contributed by atoms with van der Waals surface area (Å²) in [7, 11) is 0. The molecule has 1 atom stereocenters. The highest BCUT2D eigenvalue weighted by Gasteiger charge is 2.11. The Morgan fingerprint density at radius 2 is 1.90 bits per heavy atom. The van der Waals surface area contributed by atoms with Crippen LogP contribution in [-0.2, 0) is 6.42 Å². The maximum Gasteiger partial charge on any atom is 0.127 e. The number of hydrogen-bond acceptors (Lipinski definition) is 2. The van der Waals surface area contributed by atoms with Gasteiger partial charge >= 0.3 is 0 Å². The monoisotopic (exact) mass is 300 g/mol. The maximum atomic E-state index is 13.7. The predicted molar refractivity (Wildman–Crippen MR) is 84.2 cm³/mol. The van der Waals surface area contributed by atoms with Crippen molar-refractivity contribution in [1.82, 2.24) is 5.43 Å². The van der Waals surface area contributed by atoms with E-state index in [2.05, 4.69) is 12.3 Å². The van der Waals surface area contributed by atoms with Gasteiger partial charge in [-0.1, -0.05) is 63.1 Å². The van der Waals surface area contributed by atoms with E-state index in [0.29, 0.717) is 17.0 Å². The summed E-state index contributed by atoms with van der Waals surface area (Å²) in [6, 6.07) is 4.94. The van der Waals surface area contributed by atoms with Crippen LogP contribution in [0.3, 0.4) is 0 Å². The van der Waals surface area contributed by atoms with Gasteiger partial charge in [-0.15, -0.1) is 0 Å². The predicted octanol–water partition coefficient (Wildman–Crippen LogP) is 4.60. The van der Waals surface area contributed by atoms with Crippen LogP contribution in [0, 0.1) is 5.82 Å². The minimum Gasteiger partial charge on any atom is -0.271 e. The Kier molecular flexibility index (Phi) is 8.83. The number of nitrogens with one attached hydrogen (secondary N) is 1. The summed E-state index contributed by atoms with van der Waals surface area (Å²) in [5.74, 6) is 5.32. The summed E-state index contributed by atoms with van der Waals surface area (Å²) >= 11 is 5.75. The molecule has 1 aromatic carbocycles. The highest BCUT2D eigenvalue weighted by molar-refractivity contribution is 6.30. The minimum atomic E-state index is -0.249. The molecule has 114 valence electrons. The molecule has 3 N–H and O–H groups in total. The number of benzene rings is 1. The second-order valence-corrected chi connectivity index (χ2v) is 5.80. The van der Waals surface area contributed by atoms with E-state index < -0.39 is 0 Å². The summed E-state index contributed by atoms with van der Waals surface area (Å²) in [6.45, 7) is 2.22. The van der Waals surface area contributed by atoms with E-state index in [1.807, 2.05) is 0 Å². The third kappa shape index (κ3) is 6.69. The third-order valence-corrected chi connectivity index (χ3v) is 3.86. The van der Waals surface area contributed by atoms with Gasteiger partial charge < -0.3 is 0 Å². The second kappa shape index (κ2) is 10.1. The van der Waals surface area contributed by atoms with E-state index in [9.17, 15) is 4.39 Å². The van der Waals surface area contributed by atoms with Gasteiger partial charge in [-0.2, -0.15) is 0 Å². The van der Waals surface area contributed by atoms with Crippen LogP contribution >= 0.6 is 11.6 Å². The van der Waals surface area contributed by atoms with Gasteiger partial charge in [-0.25, -0.2) is 4.39 Å². The van der Waals surface area contributed by atoms with E-state index in [1.165, 1.54) is 38.2 Å². The Morgan fingerprint density at radius 3 is 2.55 bits per heavy atom. The van der Waals surface area contributed by atoms with Crippen molar-refractivity contribution < 1.29 is 4.39 Å². The van der Waals surface area contributed by atoms with Crippen LogP contribution in [0.2, 0.25) is 5.02 Å². The van der Waals surface area contributed by atoms with Crippen molar-refractivity contribution in [3.8, 4) is 0 Å². The Labute approximate surface area is 126 Å². The Bertz CT molecular complexity index is 385. The van der Waals surface area contributed by atoms with Crippen LogP contribution < -0.4 is 11.3 Å². The summed E-state index contributed by atoms with van der Waals surface area (Å²) in [4.78, 5) is 0. The van der Waals surface area contributed by atoms with Gasteiger partial charge in [0.2, 0.25) is 0 Å². The number of hydrogen-bond donors (Lipinski definition) is 2. The first-order chi connectivity index (χ1) is 9.67. The Balaban J connectivity index is 2.31. The van der Waals surface area contributed by atoms with Crippen LogP contribution in [0.15, 0.2) is 18.2 Å². The molecule has 0 fully saturated rings. The lowest BCUT2D eigenvalue weighted by Crippen LogP contribution is -2.36. The molecule has 0 aliphatic rings. The molecule has 1 aromatic rings. The summed E-state index contributed by atoms with van der Waals surface area (Å²) in [5, 5.41) is 0.430. The number of rotatable bonds is 10. The Hall–Kier alpha value is -0.640. The van der Waals surface area contributed by atoms with Gasteiger partial charge in [-0.3, -0.25) is 11.3 Å². The largest absolute Gasteiger partial charge is 0.271 e. The molecule has 2 nitrogen and oxygen atoms in total. The van der Waals surface area contributed by atoms with Crippen LogP contribution in [0.25, 0.3) is 0 Å². The van der Waals surface area contributed by atoms with Gasteiger partial charge in [-0.05, 0) is 30.5 Å². The van der Waals surface area contributed by atoms with E-state index in [-0.39, 0.29) is 11.9 Å². The molecular formula is C16H26ClFN2. The molecule has 0 aliphatic heterocycles. The third-order valence-electron chi connectivity index (χ3n) is 3.62. The molecule has 0 amide bonds. The van der Waals surface area contributed by atoms with Crippen molar-refractivity contribution in [2.75, 3.05) is 0 Å². The molecule has 1 unspecified atom stereocenters. The van der Waals surface area contributed by atoms with Crippen LogP contribution in [0.1, 0.15) is 57.4 Å². The summed E-state index contributed by atoms with van der Waals surface area (Å²) < 4.78 is 13.7. The van der Waals surface area contributed by atoms with Crippen molar-refractivity contribution >= 4 is 11.6 Å². The topological polar surface area (TPSA) is 38.0 Å². The van der Waals surface area contributed by atoms with Crippen molar-refractivity contribution in [3.05, 3.63) is 34.6 Å². The lowest BCUT2D eigenvalue weighted by atomic mass is 10.00. The zero-order valence-electron chi connectivity index (χ0n) is 12.3. The van der Waals surface area contributed by atoms with E-state index in [4.69, 9.17) is 17.4 Å². The lowest BCUT2D eigenvalue weighted by Gasteiger charge is -2.16. The minimum absolute atomic E-state index is 0.122. The van der Waals surface area contributed by atoms with Crippen molar-refractivity contribution in [1.29, 1.82) is 0 Å². The van der Waals surface area contributed by atoms with Crippen LogP contribution in [0.5, 0.6) is 0 Å². The first-order valence-electron chi connectivity index (χ1n) is 7.57. The fourth-order valence-corrected chi connectivity index (χ4v) is 2.53. The molecule has 1 rings (SSSR count). The maximum absolute atomic E-state index is 13.7. The SMILES string of the molecule is CCCCCCCCC(Cc1ccc(Cl)cc1F)NN. The smallest absolute Gasteiger partial charge is 0.127 e. The van der Waals surface area contributed by atoms with E-state index in [1.54, 1.807) is 12.1 Å². The van der Waals surface area contributed by atoms with E-state index >= 15 is 0 Å². The number of halogens is 2. The molecule has 0 radical (unpaired) electrons. The fourth-order valence-electron chi connectivity index (χ4n) is 2.37. The lowest BCUT2D eigenvalue weighted by molar-refractivity contribution is 0.452.